The molecule has 0 amide bonds. The molecule has 13 atom stereocenters. The van der Waals surface area contributed by atoms with E-state index in [1.54, 1.807) is 21.3 Å². The minimum absolute atomic E-state index is 0.0317. The van der Waals surface area contributed by atoms with Crippen LogP contribution in [0.4, 0.5) is 0 Å². The Morgan fingerprint density at radius 2 is 1.89 bits per heavy atom. The first kappa shape index (κ1) is 24.2. The van der Waals surface area contributed by atoms with Gasteiger partial charge in [0.2, 0.25) is 0 Å². The second-order valence-corrected chi connectivity index (χ2v) is 12.9. The average molecular weight is 508 g/mol. The molecule has 2 heterocycles. The van der Waals surface area contributed by atoms with Crippen LogP contribution in [-0.4, -0.2) is 104 Å². The molecule has 0 aromatic rings. The maximum atomic E-state index is 13.4. The molecule has 5 saturated carbocycles. The van der Waals surface area contributed by atoms with Crippen LogP contribution in [0.1, 0.15) is 46.5 Å². The van der Waals surface area contributed by atoms with Gasteiger partial charge in [-0.3, -0.25) is 9.69 Å². The number of esters is 1. The Morgan fingerprint density at radius 3 is 2.53 bits per heavy atom. The van der Waals surface area contributed by atoms with E-state index in [0.29, 0.717) is 12.8 Å². The van der Waals surface area contributed by atoms with Gasteiger partial charge in [0.15, 0.2) is 5.60 Å². The highest BCUT2D eigenvalue weighted by atomic mass is 16.7. The molecule has 0 aromatic carbocycles. The number of piperidine rings is 1. The van der Waals surface area contributed by atoms with Gasteiger partial charge in [0.05, 0.1) is 35.4 Å². The third kappa shape index (κ3) is 2.16. The number of aliphatic hydroxyl groups is 1. The quantitative estimate of drug-likeness (QED) is 0.553. The first-order valence-electron chi connectivity index (χ1n) is 13.7. The number of carbonyl (C=O) groups excluding carboxylic acids is 1. The fourth-order valence-electron chi connectivity index (χ4n) is 11.7. The van der Waals surface area contributed by atoms with Gasteiger partial charge in [0.1, 0.15) is 18.5 Å². The number of nitrogens with zero attached hydrogens (tertiary/aromatic N) is 1. The van der Waals surface area contributed by atoms with Crippen molar-refractivity contribution in [2.45, 2.75) is 93.7 Å². The Morgan fingerprint density at radius 1 is 1.11 bits per heavy atom. The van der Waals surface area contributed by atoms with Crippen molar-refractivity contribution >= 4 is 5.97 Å². The van der Waals surface area contributed by atoms with Gasteiger partial charge < -0.3 is 33.5 Å². The standard InChI is InChI=1S/C27H41NO8/c1-7-28-12-23(3)9-8-17(32-5)26-20(23)21(36-14(2)29)27(22(26)28)25(34-13-35-27)11-16(31-4)15-10-24(26,30)19(25)18(15)33-6/h15-22,30H,7-13H2,1-6H3/t15-,16+,17+,18?,19?,20-,21+,22?,23+,24+,25-,26?,27?/m1/s1. The lowest BCUT2D eigenvalue weighted by molar-refractivity contribution is -0.332. The van der Waals surface area contributed by atoms with E-state index in [2.05, 4.69) is 18.7 Å². The van der Waals surface area contributed by atoms with Gasteiger partial charge in [-0.1, -0.05) is 13.8 Å². The van der Waals surface area contributed by atoms with E-state index < -0.39 is 28.3 Å². The van der Waals surface area contributed by atoms with Gasteiger partial charge in [-0.05, 0) is 31.2 Å². The second kappa shape index (κ2) is 7.23. The van der Waals surface area contributed by atoms with E-state index in [1.165, 1.54) is 6.92 Å². The predicted octanol–water partition coefficient (Wildman–Crippen LogP) is 1.35. The van der Waals surface area contributed by atoms with Crippen LogP contribution in [0, 0.1) is 28.6 Å². The Bertz CT molecular complexity index is 979. The number of rotatable bonds is 5. The summed E-state index contributed by atoms with van der Waals surface area (Å²) in [5.74, 6) is -0.771. The molecule has 9 heteroatoms. The second-order valence-electron chi connectivity index (χ2n) is 12.9. The molecular weight excluding hydrogens is 466 g/mol. The molecule has 1 N–H and O–H groups in total. The maximum Gasteiger partial charge on any atom is 0.303 e. The monoisotopic (exact) mass is 507 g/mol. The summed E-state index contributed by atoms with van der Waals surface area (Å²) in [4.78, 5) is 15.3. The first-order valence-corrected chi connectivity index (χ1v) is 13.7. The van der Waals surface area contributed by atoms with Crippen LogP contribution < -0.4 is 0 Å². The summed E-state index contributed by atoms with van der Waals surface area (Å²) in [7, 11) is 5.23. The minimum atomic E-state index is -1.16. The molecule has 36 heavy (non-hydrogen) atoms. The molecule has 2 aliphatic heterocycles. The third-order valence-corrected chi connectivity index (χ3v) is 12.2. The zero-order chi connectivity index (χ0) is 25.5. The third-order valence-electron chi connectivity index (χ3n) is 12.2. The average Bonchev–Trinajstić information content (AvgIpc) is 3.40. The number of ether oxygens (including phenoxy) is 6. The van der Waals surface area contributed by atoms with Crippen molar-refractivity contribution in [1.82, 2.24) is 4.90 Å². The lowest BCUT2D eigenvalue weighted by Crippen LogP contribution is -2.85. The number of hydrogen-bond acceptors (Lipinski definition) is 9. The summed E-state index contributed by atoms with van der Waals surface area (Å²) in [5, 5.41) is 13.4. The molecule has 202 valence electrons. The van der Waals surface area contributed by atoms with Crippen LogP contribution >= 0.6 is 0 Å². The van der Waals surface area contributed by atoms with E-state index in [1.807, 2.05) is 0 Å². The lowest BCUT2D eigenvalue weighted by Gasteiger charge is -2.71. The fraction of sp³-hybridized carbons (Fsp3) is 0.963. The van der Waals surface area contributed by atoms with Crippen molar-refractivity contribution in [3.63, 3.8) is 0 Å². The van der Waals surface area contributed by atoms with Gasteiger partial charge in [0.25, 0.3) is 0 Å². The molecule has 7 rings (SSSR count). The number of methoxy groups -OCH3 is 3. The number of likely N-dealkylation sites (tertiary alicyclic amines) is 1. The van der Waals surface area contributed by atoms with E-state index in [4.69, 9.17) is 28.4 Å². The molecule has 3 spiro atoms. The van der Waals surface area contributed by atoms with Gasteiger partial charge in [0, 0.05) is 59.0 Å². The van der Waals surface area contributed by atoms with Crippen LogP contribution in [0.25, 0.3) is 0 Å². The van der Waals surface area contributed by atoms with Crippen molar-refractivity contribution in [2.24, 2.45) is 28.6 Å². The minimum Gasteiger partial charge on any atom is -0.459 e. The molecule has 0 radical (unpaired) electrons. The van der Waals surface area contributed by atoms with Crippen molar-refractivity contribution in [1.29, 1.82) is 0 Å². The molecule has 5 unspecified atom stereocenters. The summed E-state index contributed by atoms with van der Waals surface area (Å²) in [6.45, 7) is 7.72. The van der Waals surface area contributed by atoms with Gasteiger partial charge in [-0.2, -0.15) is 0 Å². The Kier molecular flexibility index (Phi) is 4.87. The lowest BCUT2D eigenvalue weighted by atomic mass is 9.41. The van der Waals surface area contributed by atoms with Gasteiger partial charge in [-0.25, -0.2) is 0 Å². The first-order chi connectivity index (χ1) is 17.2. The van der Waals surface area contributed by atoms with Crippen LogP contribution in [0.15, 0.2) is 0 Å². The summed E-state index contributed by atoms with van der Waals surface area (Å²) in [6.07, 6.45) is 1.69. The smallest absolute Gasteiger partial charge is 0.303 e. The van der Waals surface area contributed by atoms with Crippen LogP contribution in [0.2, 0.25) is 0 Å². The van der Waals surface area contributed by atoms with E-state index in [0.717, 1.165) is 25.9 Å². The molecular formula is C27H41NO8. The topological polar surface area (TPSA) is 95.9 Å². The highest BCUT2D eigenvalue weighted by molar-refractivity contribution is 5.67. The van der Waals surface area contributed by atoms with E-state index in [9.17, 15) is 9.90 Å². The molecule has 7 fully saturated rings. The summed E-state index contributed by atoms with van der Waals surface area (Å²) in [6, 6.07) is -0.224. The van der Waals surface area contributed by atoms with E-state index >= 15 is 0 Å². The Balaban J connectivity index is 1.61. The van der Waals surface area contributed by atoms with Crippen molar-refractivity contribution < 1.29 is 38.3 Å². The normalized spacial score (nSPS) is 60.2. The van der Waals surface area contributed by atoms with Crippen molar-refractivity contribution in [2.75, 3.05) is 41.2 Å². The molecule has 0 aromatic heterocycles. The molecule has 5 aliphatic carbocycles. The zero-order valence-electron chi connectivity index (χ0n) is 22.3. The zero-order valence-corrected chi connectivity index (χ0v) is 22.3. The number of fused-ring (bicyclic) bond motifs is 1. The fourth-order valence-corrected chi connectivity index (χ4v) is 11.7. The van der Waals surface area contributed by atoms with Crippen molar-refractivity contribution in [3.8, 4) is 0 Å². The molecule has 2 saturated heterocycles. The summed E-state index contributed by atoms with van der Waals surface area (Å²) in [5.41, 5.74) is -3.94. The molecule has 9 nitrogen and oxygen atoms in total. The van der Waals surface area contributed by atoms with Crippen LogP contribution in [0.5, 0.6) is 0 Å². The number of hydrogen-bond donors (Lipinski definition) is 1. The largest absolute Gasteiger partial charge is 0.459 e. The maximum absolute atomic E-state index is 13.4. The molecule has 7 bridgehead atoms. The van der Waals surface area contributed by atoms with E-state index in [-0.39, 0.29) is 60.3 Å². The SMILES string of the molecule is CCN1C[C@]2(C)CC[C@H](OC)C34C1C1(OCO[C@@]15C[C@H](OC)[C@H]1C[C@]3(O)C5C1OC)[C@@H](OC(C)=O)[C@@H]42. The highest BCUT2D eigenvalue weighted by Gasteiger charge is 2.97. The van der Waals surface area contributed by atoms with Crippen molar-refractivity contribution in [3.05, 3.63) is 0 Å². The van der Waals surface area contributed by atoms with Gasteiger partial charge >= 0.3 is 5.97 Å². The molecule has 7 aliphatic rings. The number of likely N-dealkylation sites (N-methyl/N-ethyl adjacent to an activating group) is 1. The van der Waals surface area contributed by atoms with Crippen LogP contribution in [-0.2, 0) is 33.2 Å². The number of carbonyl (C=O) groups is 1. The van der Waals surface area contributed by atoms with Crippen LogP contribution in [0.3, 0.4) is 0 Å². The Hall–Kier alpha value is -0.810. The highest BCUT2D eigenvalue weighted by Crippen LogP contribution is 2.83. The summed E-state index contributed by atoms with van der Waals surface area (Å²) < 4.78 is 38.7. The Labute approximate surface area is 213 Å². The predicted molar refractivity (Wildman–Crippen MR) is 126 cm³/mol. The van der Waals surface area contributed by atoms with Gasteiger partial charge in [-0.15, -0.1) is 0 Å². The summed E-state index contributed by atoms with van der Waals surface area (Å²) >= 11 is 0.